The summed E-state index contributed by atoms with van der Waals surface area (Å²) in [5, 5.41) is 5.90. The lowest BCUT2D eigenvalue weighted by atomic mass is 9.93. The Bertz CT molecular complexity index is 930. The largest absolute Gasteiger partial charge is 0.463 e. The van der Waals surface area contributed by atoms with Gasteiger partial charge in [-0.1, -0.05) is 36.8 Å². The number of benzene rings is 1. The fourth-order valence-electron chi connectivity index (χ4n) is 4.43. The average molecular weight is 472 g/mol. The van der Waals surface area contributed by atoms with Gasteiger partial charge in [0.25, 0.3) is 0 Å². The molecular weight excluding hydrogens is 434 g/mol. The van der Waals surface area contributed by atoms with Crippen molar-refractivity contribution < 1.29 is 19.1 Å². The number of carbonyl (C=O) groups excluding carboxylic acids is 3. The average Bonchev–Trinajstić information content (AvgIpc) is 2.81. The summed E-state index contributed by atoms with van der Waals surface area (Å²) >= 11 is 0. The van der Waals surface area contributed by atoms with Gasteiger partial charge in [-0.2, -0.15) is 0 Å². The van der Waals surface area contributed by atoms with Crippen molar-refractivity contribution in [1.82, 2.24) is 25.3 Å². The molecule has 4 amide bonds. The number of urea groups is 2. The molecule has 9 nitrogen and oxygen atoms in total. The van der Waals surface area contributed by atoms with E-state index in [9.17, 15) is 14.4 Å². The van der Waals surface area contributed by atoms with Crippen LogP contribution in [0.1, 0.15) is 44.4 Å². The van der Waals surface area contributed by atoms with Crippen LogP contribution in [0.25, 0.3) is 0 Å². The molecule has 1 fully saturated rings. The lowest BCUT2D eigenvalue weighted by Gasteiger charge is -2.42. The molecule has 0 spiro atoms. The summed E-state index contributed by atoms with van der Waals surface area (Å²) < 4.78 is 5.41. The summed E-state index contributed by atoms with van der Waals surface area (Å²) in [4.78, 5) is 44.0. The number of likely N-dealkylation sites (N-methyl/N-ethyl adjacent to an activating group) is 1. The molecule has 0 unspecified atom stereocenters. The standard InChI is InChI=1S/C25H37N5O4/c1-6-12-26-24(32)30-14-13-29(15-18(30)4)16-20-21(23(31)34-7-2)22(27-25(33)28(20)5)19-10-8-17(3)9-11-19/h8-11,18,22H,6-7,12-16H2,1-5H3,(H,26,32)(H,27,33)/t18-,22-/m1/s1. The molecule has 0 aliphatic carbocycles. The van der Waals surface area contributed by atoms with Crippen LogP contribution >= 0.6 is 0 Å². The Morgan fingerprint density at radius 3 is 2.50 bits per heavy atom. The van der Waals surface area contributed by atoms with E-state index in [-0.39, 0.29) is 24.7 Å². The number of hydrogen-bond acceptors (Lipinski definition) is 5. The quantitative estimate of drug-likeness (QED) is 0.597. The van der Waals surface area contributed by atoms with Crippen LogP contribution in [0.15, 0.2) is 35.5 Å². The van der Waals surface area contributed by atoms with E-state index in [4.69, 9.17) is 4.74 Å². The highest BCUT2D eigenvalue weighted by Gasteiger charge is 2.38. The second-order valence-electron chi connectivity index (χ2n) is 8.94. The summed E-state index contributed by atoms with van der Waals surface area (Å²) in [6, 6.07) is 6.90. The Hall–Kier alpha value is -3.07. The number of nitrogens with one attached hydrogen (secondary N) is 2. The number of aryl methyl sites for hydroxylation is 1. The molecule has 34 heavy (non-hydrogen) atoms. The number of carbonyl (C=O) groups is 3. The van der Waals surface area contributed by atoms with E-state index in [1.807, 2.05) is 49.9 Å². The van der Waals surface area contributed by atoms with Gasteiger partial charge in [0.05, 0.1) is 18.2 Å². The molecule has 2 aliphatic rings. The maximum absolute atomic E-state index is 13.1. The number of piperazine rings is 1. The van der Waals surface area contributed by atoms with Crippen molar-refractivity contribution in [3.8, 4) is 0 Å². The van der Waals surface area contributed by atoms with Crippen LogP contribution < -0.4 is 10.6 Å². The zero-order valence-electron chi connectivity index (χ0n) is 20.9. The summed E-state index contributed by atoms with van der Waals surface area (Å²) in [7, 11) is 1.67. The third kappa shape index (κ3) is 5.70. The zero-order chi connectivity index (χ0) is 24.8. The Morgan fingerprint density at radius 2 is 1.88 bits per heavy atom. The topological polar surface area (TPSA) is 94.2 Å². The van der Waals surface area contributed by atoms with Crippen molar-refractivity contribution in [2.45, 2.75) is 46.2 Å². The lowest BCUT2D eigenvalue weighted by molar-refractivity contribution is -0.139. The Balaban J connectivity index is 1.88. The number of nitrogens with zero attached hydrogens (tertiary/aromatic N) is 3. The maximum Gasteiger partial charge on any atom is 0.338 e. The Kier molecular flexibility index (Phi) is 8.55. The van der Waals surface area contributed by atoms with Crippen molar-refractivity contribution in [3.63, 3.8) is 0 Å². The van der Waals surface area contributed by atoms with Crippen LogP contribution in [0.5, 0.6) is 0 Å². The van der Waals surface area contributed by atoms with Gasteiger partial charge in [0.1, 0.15) is 0 Å². The number of rotatable bonds is 7. The fraction of sp³-hybridized carbons (Fsp3) is 0.560. The summed E-state index contributed by atoms with van der Waals surface area (Å²) in [6.45, 7) is 11.0. The molecule has 186 valence electrons. The van der Waals surface area contributed by atoms with Gasteiger partial charge in [-0.3, -0.25) is 9.80 Å². The normalized spacial score (nSPS) is 21.4. The van der Waals surface area contributed by atoms with Crippen LogP contribution in [-0.2, 0) is 9.53 Å². The SMILES string of the molecule is CCCNC(=O)N1CCN(CC2=C(C(=O)OCC)[C@@H](c3ccc(C)cc3)NC(=O)N2C)C[C@H]1C. The van der Waals surface area contributed by atoms with Crippen LogP contribution in [-0.4, -0.2) is 85.2 Å². The highest BCUT2D eigenvalue weighted by molar-refractivity contribution is 5.95. The molecule has 2 N–H and O–H groups in total. The van der Waals surface area contributed by atoms with Gasteiger partial charge < -0.3 is 20.3 Å². The van der Waals surface area contributed by atoms with Gasteiger partial charge in [-0.15, -0.1) is 0 Å². The molecule has 2 atom stereocenters. The first kappa shape index (κ1) is 25.6. The second-order valence-corrected chi connectivity index (χ2v) is 8.94. The van der Waals surface area contributed by atoms with Crippen LogP contribution in [0, 0.1) is 6.92 Å². The summed E-state index contributed by atoms with van der Waals surface area (Å²) in [5.41, 5.74) is 3.01. The molecule has 2 aliphatic heterocycles. The minimum Gasteiger partial charge on any atom is -0.463 e. The van der Waals surface area contributed by atoms with E-state index in [0.29, 0.717) is 44.0 Å². The van der Waals surface area contributed by atoms with Crippen molar-refractivity contribution >= 4 is 18.0 Å². The zero-order valence-corrected chi connectivity index (χ0v) is 20.9. The number of hydrogen-bond donors (Lipinski definition) is 2. The molecule has 0 aromatic heterocycles. The number of esters is 1. The third-order valence-electron chi connectivity index (χ3n) is 6.36. The van der Waals surface area contributed by atoms with Crippen LogP contribution in [0.3, 0.4) is 0 Å². The van der Waals surface area contributed by atoms with Crippen LogP contribution in [0.2, 0.25) is 0 Å². The van der Waals surface area contributed by atoms with Gasteiger partial charge in [0, 0.05) is 51.5 Å². The van der Waals surface area contributed by atoms with E-state index < -0.39 is 12.0 Å². The molecule has 2 heterocycles. The first-order valence-corrected chi connectivity index (χ1v) is 12.0. The Labute approximate surface area is 202 Å². The fourth-order valence-corrected chi connectivity index (χ4v) is 4.43. The predicted molar refractivity (Wildman–Crippen MR) is 130 cm³/mol. The van der Waals surface area contributed by atoms with E-state index in [0.717, 1.165) is 17.5 Å². The van der Waals surface area contributed by atoms with Gasteiger partial charge >= 0.3 is 18.0 Å². The van der Waals surface area contributed by atoms with E-state index in [1.54, 1.807) is 14.0 Å². The Morgan fingerprint density at radius 1 is 1.18 bits per heavy atom. The lowest BCUT2D eigenvalue weighted by Crippen LogP contribution is -2.58. The molecule has 0 bridgehead atoms. The number of ether oxygens (including phenoxy) is 1. The van der Waals surface area contributed by atoms with Crippen molar-refractivity contribution in [2.75, 3.05) is 46.4 Å². The minimum atomic E-state index is -0.586. The van der Waals surface area contributed by atoms with Crippen molar-refractivity contribution in [2.24, 2.45) is 0 Å². The van der Waals surface area contributed by atoms with Gasteiger partial charge in [0.2, 0.25) is 0 Å². The summed E-state index contributed by atoms with van der Waals surface area (Å²) in [5.74, 6) is -0.430. The molecule has 0 saturated carbocycles. The highest BCUT2D eigenvalue weighted by atomic mass is 16.5. The highest BCUT2D eigenvalue weighted by Crippen LogP contribution is 2.32. The monoisotopic (exact) mass is 471 g/mol. The minimum absolute atomic E-state index is 0.00729. The van der Waals surface area contributed by atoms with Gasteiger partial charge in [-0.05, 0) is 32.8 Å². The second kappa shape index (κ2) is 11.4. The van der Waals surface area contributed by atoms with E-state index in [1.165, 1.54) is 4.90 Å². The van der Waals surface area contributed by atoms with Crippen LogP contribution in [0.4, 0.5) is 9.59 Å². The molecule has 1 aromatic carbocycles. The first-order valence-electron chi connectivity index (χ1n) is 12.0. The molecule has 1 aromatic rings. The molecule has 3 rings (SSSR count). The molecular formula is C25H37N5O4. The predicted octanol–water partition coefficient (Wildman–Crippen LogP) is 2.63. The van der Waals surface area contributed by atoms with E-state index >= 15 is 0 Å². The smallest absolute Gasteiger partial charge is 0.338 e. The molecule has 0 radical (unpaired) electrons. The molecule has 9 heteroatoms. The molecule has 1 saturated heterocycles. The van der Waals surface area contributed by atoms with E-state index in [2.05, 4.69) is 15.5 Å². The van der Waals surface area contributed by atoms with Gasteiger partial charge in [0.15, 0.2) is 0 Å². The maximum atomic E-state index is 13.1. The van der Waals surface area contributed by atoms with Gasteiger partial charge in [-0.25, -0.2) is 14.4 Å². The van der Waals surface area contributed by atoms with Crippen molar-refractivity contribution in [3.05, 3.63) is 46.7 Å². The first-order chi connectivity index (χ1) is 16.3. The number of amides is 4. The van der Waals surface area contributed by atoms with Crippen molar-refractivity contribution in [1.29, 1.82) is 0 Å². The summed E-state index contributed by atoms with van der Waals surface area (Å²) in [6.07, 6.45) is 0.890. The third-order valence-corrected chi connectivity index (χ3v) is 6.36.